The minimum atomic E-state index is 0.0601. The monoisotopic (exact) mass is 368 g/mol. The van der Waals surface area contributed by atoms with E-state index in [0.717, 1.165) is 48.1 Å². The molecule has 1 atom stereocenters. The Morgan fingerprint density at radius 1 is 1.31 bits per heavy atom. The molecule has 0 radical (unpaired) electrons. The van der Waals surface area contributed by atoms with Gasteiger partial charge in [-0.1, -0.05) is 0 Å². The van der Waals surface area contributed by atoms with Crippen LogP contribution in [0.25, 0.3) is 11.5 Å². The zero-order chi connectivity index (χ0) is 18.1. The van der Waals surface area contributed by atoms with E-state index in [2.05, 4.69) is 24.9 Å². The molecule has 0 aromatic carbocycles. The van der Waals surface area contributed by atoms with Crippen LogP contribution in [0.1, 0.15) is 45.6 Å². The van der Waals surface area contributed by atoms with Gasteiger partial charge in [0.05, 0.1) is 11.7 Å². The van der Waals surface area contributed by atoms with Crippen molar-refractivity contribution in [2.75, 3.05) is 13.1 Å². The maximum absolute atomic E-state index is 12.6. The van der Waals surface area contributed by atoms with Crippen molar-refractivity contribution < 1.29 is 4.79 Å². The Kier molecular flexibility index (Phi) is 4.50. The van der Waals surface area contributed by atoms with Crippen LogP contribution >= 0.6 is 11.3 Å². The second kappa shape index (κ2) is 6.95. The van der Waals surface area contributed by atoms with Gasteiger partial charge < -0.3 is 9.88 Å². The molecule has 3 aromatic heterocycles. The molecular formula is C18H20N6OS. The largest absolute Gasteiger partial charge is 0.341 e. The summed E-state index contributed by atoms with van der Waals surface area (Å²) in [6.07, 6.45) is 5.41. The first kappa shape index (κ1) is 16.8. The summed E-state index contributed by atoms with van der Waals surface area (Å²) in [4.78, 5) is 36.0. The lowest BCUT2D eigenvalue weighted by Gasteiger charge is -2.32. The van der Waals surface area contributed by atoms with E-state index in [4.69, 9.17) is 0 Å². The maximum atomic E-state index is 12.6. The van der Waals surface area contributed by atoms with Crippen molar-refractivity contribution in [3.05, 3.63) is 46.1 Å². The van der Waals surface area contributed by atoms with Gasteiger partial charge in [0.25, 0.3) is 5.91 Å². The van der Waals surface area contributed by atoms with E-state index < -0.39 is 0 Å². The number of likely N-dealkylation sites (tertiary alicyclic amines) is 1. The quantitative estimate of drug-likeness (QED) is 0.768. The van der Waals surface area contributed by atoms with Crippen LogP contribution in [0.2, 0.25) is 0 Å². The fourth-order valence-electron chi connectivity index (χ4n) is 3.34. The number of piperidine rings is 1. The van der Waals surface area contributed by atoms with E-state index in [0.29, 0.717) is 11.4 Å². The standard InChI is InChI=1S/C18H20N6OS/c1-11-7-20-17(21-11)15-6-14(22-12(2)23-15)13-4-3-5-24(9-13)18(25)16-8-19-10-26-16/h6-8,10,13H,3-5,9H2,1-2H3,(H,20,21)/t13-/m0/s1. The van der Waals surface area contributed by atoms with Crippen LogP contribution < -0.4 is 0 Å². The topological polar surface area (TPSA) is 87.7 Å². The Hall–Kier alpha value is -2.61. The number of carbonyl (C=O) groups excluding carboxylic acids is 1. The molecule has 8 heteroatoms. The molecule has 134 valence electrons. The van der Waals surface area contributed by atoms with Gasteiger partial charge in [-0.2, -0.15) is 0 Å². The molecule has 0 saturated carbocycles. The van der Waals surface area contributed by atoms with Gasteiger partial charge in [0.2, 0.25) is 0 Å². The van der Waals surface area contributed by atoms with E-state index in [1.807, 2.05) is 24.8 Å². The Balaban J connectivity index is 1.59. The van der Waals surface area contributed by atoms with Crippen molar-refractivity contribution in [3.8, 4) is 11.5 Å². The average molecular weight is 368 g/mol. The fraction of sp³-hybridized carbons (Fsp3) is 0.389. The minimum Gasteiger partial charge on any atom is -0.341 e. The van der Waals surface area contributed by atoms with Gasteiger partial charge in [-0.3, -0.25) is 9.78 Å². The van der Waals surface area contributed by atoms with Crippen LogP contribution in [0.4, 0.5) is 0 Å². The number of aromatic nitrogens is 5. The van der Waals surface area contributed by atoms with Gasteiger partial charge in [0.15, 0.2) is 5.82 Å². The summed E-state index contributed by atoms with van der Waals surface area (Å²) in [6.45, 7) is 5.31. The fourth-order valence-corrected chi connectivity index (χ4v) is 3.93. The molecule has 26 heavy (non-hydrogen) atoms. The zero-order valence-electron chi connectivity index (χ0n) is 14.8. The number of nitrogens with one attached hydrogen (secondary N) is 1. The number of hydrogen-bond acceptors (Lipinski definition) is 6. The van der Waals surface area contributed by atoms with Crippen LogP contribution in [0, 0.1) is 13.8 Å². The number of imidazole rings is 1. The van der Waals surface area contributed by atoms with Crippen LogP contribution in [0.15, 0.2) is 24.0 Å². The lowest BCUT2D eigenvalue weighted by Crippen LogP contribution is -2.39. The molecule has 4 rings (SSSR count). The summed E-state index contributed by atoms with van der Waals surface area (Å²) in [6, 6.07) is 2.00. The Bertz CT molecular complexity index is 920. The second-order valence-electron chi connectivity index (χ2n) is 6.60. The molecule has 1 fully saturated rings. The van der Waals surface area contributed by atoms with Crippen molar-refractivity contribution in [1.29, 1.82) is 0 Å². The van der Waals surface area contributed by atoms with Gasteiger partial charge in [-0.05, 0) is 32.8 Å². The van der Waals surface area contributed by atoms with Gasteiger partial charge >= 0.3 is 0 Å². The molecule has 1 amide bonds. The van der Waals surface area contributed by atoms with E-state index in [-0.39, 0.29) is 11.8 Å². The number of H-pyrrole nitrogens is 1. The van der Waals surface area contributed by atoms with Crippen LogP contribution in [0.5, 0.6) is 0 Å². The predicted octanol–water partition coefficient (Wildman–Crippen LogP) is 2.96. The predicted molar refractivity (Wildman–Crippen MR) is 99.1 cm³/mol. The first-order chi connectivity index (χ1) is 12.6. The number of aromatic amines is 1. The summed E-state index contributed by atoms with van der Waals surface area (Å²) in [7, 11) is 0. The Morgan fingerprint density at radius 3 is 2.92 bits per heavy atom. The van der Waals surface area contributed by atoms with E-state index in [1.165, 1.54) is 11.3 Å². The number of rotatable bonds is 3. The Morgan fingerprint density at radius 2 is 2.19 bits per heavy atom. The summed E-state index contributed by atoms with van der Waals surface area (Å²) in [5.74, 6) is 1.74. The van der Waals surface area contributed by atoms with Gasteiger partial charge in [0, 0.05) is 36.6 Å². The highest BCUT2D eigenvalue weighted by molar-refractivity contribution is 7.11. The average Bonchev–Trinajstić information content (AvgIpc) is 3.32. The molecule has 0 spiro atoms. The van der Waals surface area contributed by atoms with Gasteiger partial charge in [-0.25, -0.2) is 15.0 Å². The molecule has 3 aromatic rings. The van der Waals surface area contributed by atoms with E-state index in [1.54, 1.807) is 17.9 Å². The van der Waals surface area contributed by atoms with E-state index in [9.17, 15) is 4.79 Å². The van der Waals surface area contributed by atoms with Crippen molar-refractivity contribution in [2.24, 2.45) is 0 Å². The molecule has 0 aliphatic carbocycles. The number of thiazole rings is 1. The molecule has 0 unspecified atom stereocenters. The molecule has 1 saturated heterocycles. The summed E-state index contributed by atoms with van der Waals surface area (Å²) < 4.78 is 0. The number of carbonyl (C=O) groups is 1. The molecule has 1 aliphatic heterocycles. The smallest absolute Gasteiger partial charge is 0.265 e. The molecule has 7 nitrogen and oxygen atoms in total. The highest BCUT2D eigenvalue weighted by Gasteiger charge is 2.27. The lowest BCUT2D eigenvalue weighted by atomic mass is 9.94. The van der Waals surface area contributed by atoms with E-state index >= 15 is 0 Å². The first-order valence-electron chi connectivity index (χ1n) is 8.65. The normalized spacial score (nSPS) is 17.5. The number of aryl methyl sites for hydroxylation is 2. The third-order valence-corrected chi connectivity index (χ3v) is 5.33. The number of nitrogens with zero attached hydrogens (tertiary/aromatic N) is 5. The minimum absolute atomic E-state index is 0.0601. The van der Waals surface area contributed by atoms with Crippen molar-refractivity contribution >= 4 is 17.2 Å². The zero-order valence-corrected chi connectivity index (χ0v) is 15.6. The summed E-state index contributed by atoms with van der Waals surface area (Å²) in [5, 5.41) is 0. The molecule has 4 heterocycles. The number of amides is 1. The summed E-state index contributed by atoms with van der Waals surface area (Å²) in [5.41, 5.74) is 4.46. The van der Waals surface area contributed by atoms with Crippen LogP contribution in [-0.4, -0.2) is 48.8 Å². The molecule has 0 bridgehead atoms. The lowest BCUT2D eigenvalue weighted by molar-refractivity contribution is 0.0710. The molecule has 1 aliphatic rings. The highest BCUT2D eigenvalue weighted by Crippen LogP contribution is 2.29. The molecule has 1 N–H and O–H groups in total. The SMILES string of the molecule is Cc1nc(-c2ncc(C)[nH]2)cc([C@H]2CCCN(C(=O)c3cncs3)C2)n1. The van der Waals surface area contributed by atoms with Gasteiger partial charge in [-0.15, -0.1) is 11.3 Å². The number of hydrogen-bond donors (Lipinski definition) is 1. The van der Waals surface area contributed by atoms with Gasteiger partial charge in [0.1, 0.15) is 16.4 Å². The van der Waals surface area contributed by atoms with Crippen LogP contribution in [0.3, 0.4) is 0 Å². The van der Waals surface area contributed by atoms with Crippen molar-refractivity contribution in [1.82, 2.24) is 29.8 Å². The maximum Gasteiger partial charge on any atom is 0.265 e. The third-order valence-electron chi connectivity index (χ3n) is 4.57. The second-order valence-corrected chi connectivity index (χ2v) is 7.48. The molecular weight excluding hydrogens is 348 g/mol. The van der Waals surface area contributed by atoms with Crippen molar-refractivity contribution in [3.63, 3.8) is 0 Å². The Labute approximate surface area is 155 Å². The van der Waals surface area contributed by atoms with Crippen molar-refractivity contribution in [2.45, 2.75) is 32.6 Å². The summed E-state index contributed by atoms with van der Waals surface area (Å²) >= 11 is 1.39. The van der Waals surface area contributed by atoms with Crippen LogP contribution in [-0.2, 0) is 0 Å². The first-order valence-corrected chi connectivity index (χ1v) is 9.53. The third kappa shape index (κ3) is 3.37. The highest BCUT2D eigenvalue weighted by atomic mass is 32.1.